The summed E-state index contributed by atoms with van der Waals surface area (Å²) in [6, 6.07) is 6.61. The largest absolute Gasteiger partial charge is 0.307 e. The Bertz CT molecular complexity index is 522. The molecule has 0 saturated carbocycles. The van der Waals surface area contributed by atoms with Crippen LogP contribution in [0.15, 0.2) is 28.1 Å². The molecule has 1 heterocycles. The SMILES string of the molecule is CNC(c1ccc(C)c(Br)c1)c1nc(C)cs1. The highest BCUT2D eigenvalue weighted by molar-refractivity contribution is 9.10. The smallest absolute Gasteiger partial charge is 0.114 e. The van der Waals surface area contributed by atoms with Gasteiger partial charge in [0.25, 0.3) is 0 Å². The minimum absolute atomic E-state index is 0.172. The van der Waals surface area contributed by atoms with Crippen LogP contribution in [-0.2, 0) is 0 Å². The molecule has 0 radical (unpaired) electrons. The number of halogens is 1. The number of rotatable bonds is 3. The van der Waals surface area contributed by atoms with Crippen LogP contribution < -0.4 is 5.32 Å². The fraction of sp³-hybridized carbons (Fsp3) is 0.308. The van der Waals surface area contributed by atoms with E-state index < -0.39 is 0 Å². The number of thiazole rings is 1. The first-order valence-electron chi connectivity index (χ1n) is 5.47. The zero-order valence-electron chi connectivity index (χ0n) is 10.1. The van der Waals surface area contributed by atoms with Gasteiger partial charge in [-0.2, -0.15) is 0 Å². The van der Waals surface area contributed by atoms with Crippen LogP contribution in [0, 0.1) is 13.8 Å². The van der Waals surface area contributed by atoms with Gasteiger partial charge in [0.05, 0.1) is 6.04 Å². The van der Waals surface area contributed by atoms with E-state index in [1.54, 1.807) is 11.3 Å². The van der Waals surface area contributed by atoms with Gasteiger partial charge in [0.1, 0.15) is 5.01 Å². The molecule has 0 amide bonds. The third-order valence-electron chi connectivity index (χ3n) is 2.70. The quantitative estimate of drug-likeness (QED) is 0.932. The summed E-state index contributed by atoms with van der Waals surface area (Å²) in [6.07, 6.45) is 0. The number of benzene rings is 1. The molecule has 2 rings (SSSR count). The maximum atomic E-state index is 4.55. The van der Waals surface area contributed by atoms with E-state index in [1.807, 2.05) is 14.0 Å². The fourth-order valence-corrected chi connectivity index (χ4v) is 3.05. The lowest BCUT2D eigenvalue weighted by Gasteiger charge is -2.15. The van der Waals surface area contributed by atoms with Crippen LogP contribution in [0.4, 0.5) is 0 Å². The topological polar surface area (TPSA) is 24.9 Å². The predicted molar refractivity (Wildman–Crippen MR) is 76.6 cm³/mol. The summed E-state index contributed by atoms with van der Waals surface area (Å²) in [5.74, 6) is 0. The molecule has 1 unspecified atom stereocenters. The molecule has 4 heteroatoms. The summed E-state index contributed by atoms with van der Waals surface area (Å²) < 4.78 is 1.14. The number of aryl methyl sites for hydroxylation is 2. The molecule has 0 aliphatic rings. The first kappa shape index (κ1) is 12.7. The maximum absolute atomic E-state index is 4.55. The van der Waals surface area contributed by atoms with Crippen molar-refractivity contribution < 1.29 is 0 Å². The molecule has 1 aromatic heterocycles. The standard InChI is InChI=1S/C13H15BrN2S/c1-8-4-5-10(6-11(8)14)12(15-3)13-16-9(2)7-17-13/h4-7,12,15H,1-3H3. The second-order valence-corrected chi connectivity index (χ2v) is 5.80. The highest BCUT2D eigenvalue weighted by atomic mass is 79.9. The monoisotopic (exact) mass is 310 g/mol. The minimum atomic E-state index is 0.172. The molecule has 90 valence electrons. The van der Waals surface area contributed by atoms with Crippen LogP contribution in [0.2, 0.25) is 0 Å². The molecule has 2 nitrogen and oxygen atoms in total. The van der Waals surface area contributed by atoms with Crippen molar-refractivity contribution in [3.63, 3.8) is 0 Å². The maximum Gasteiger partial charge on any atom is 0.114 e. The first-order chi connectivity index (χ1) is 8.11. The Labute approximate surface area is 114 Å². The van der Waals surface area contributed by atoms with Crippen molar-refractivity contribution in [2.45, 2.75) is 19.9 Å². The Morgan fingerprint density at radius 3 is 2.65 bits per heavy atom. The van der Waals surface area contributed by atoms with Crippen LogP contribution >= 0.6 is 27.3 Å². The molecule has 1 atom stereocenters. The number of aromatic nitrogens is 1. The molecule has 17 heavy (non-hydrogen) atoms. The Balaban J connectivity index is 2.38. The summed E-state index contributed by atoms with van der Waals surface area (Å²) in [5.41, 5.74) is 3.56. The Kier molecular flexibility index (Phi) is 3.97. The Morgan fingerprint density at radius 1 is 1.35 bits per heavy atom. The van der Waals surface area contributed by atoms with E-state index in [0.29, 0.717) is 0 Å². The van der Waals surface area contributed by atoms with Gasteiger partial charge in [0.2, 0.25) is 0 Å². The van der Waals surface area contributed by atoms with E-state index in [9.17, 15) is 0 Å². The van der Waals surface area contributed by atoms with Crippen LogP contribution in [0.1, 0.15) is 27.9 Å². The summed E-state index contributed by atoms with van der Waals surface area (Å²) in [5, 5.41) is 6.52. The van der Waals surface area contributed by atoms with E-state index in [1.165, 1.54) is 11.1 Å². The van der Waals surface area contributed by atoms with Crippen molar-refractivity contribution in [1.82, 2.24) is 10.3 Å². The molecule has 1 N–H and O–H groups in total. The van der Waals surface area contributed by atoms with Crippen molar-refractivity contribution in [2.24, 2.45) is 0 Å². The normalized spacial score (nSPS) is 12.7. The van der Waals surface area contributed by atoms with Gasteiger partial charge in [-0.05, 0) is 38.1 Å². The number of nitrogens with zero attached hydrogens (tertiary/aromatic N) is 1. The molecule has 1 aromatic carbocycles. The molecule has 0 bridgehead atoms. The highest BCUT2D eigenvalue weighted by Gasteiger charge is 2.15. The number of hydrogen-bond acceptors (Lipinski definition) is 3. The summed E-state index contributed by atoms with van der Waals surface area (Å²) in [6.45, 7) is 4.12. The minimum Gasteiger partial charge on any atom is -0.307 e. The molecule has 0 fully saturated rings. The number of nitrogens with one attached hydrogen (secondary N) is 1. The Hall–Kier alpha value is -0.710. The summed E-state index contributed by atoms with van der Waals surface area (Å²) >= 11 is 5.27. The number of hydrogen-bond donors (Lipinski definition) is 1. The van der Waals surface area contributed by atoms with E-state index >= 15 is 0 Å². The summed E-state index contributed by atoms with van der Waals surface area (Å²) in [7, 11) is 1.97. The average Bonchev–Trinajstić information content (AvgIpc) is 2.71. The second-order valence-electron chi connectivity index (χ2n) is 4.06. The Morgan fingerprint density at radius 2 is 2.12 bits per heavy atom. The third-order valence-corrected chi connectivity index (χ3v) is 4.58. The summed E-state index contributed by atoms with van der Waals surface area (Å²) in [4.78, 5) is 4.55. The molecular weight excluding hydrogens is 296 g/mol. The van der Waals surface area contributed by atoms with Gasteiger partial charge in [0.15, 0.2) is 0 Å². The van der Waals surface area contributed by atoms with Crippen LogP contribution in [0.25, 0.3) is 0 Å². The van der Waals surface area contributed by atoms with Gasteiger partial charge >= 0.3 is 0 Å². The van der Waals surface area contributed by atoms with Crippen molar-refractivity contribution in [1.29, 1.82) is 0 Å². The molecule has 0 saturated heterocycles. The van der Waals surface area contributed by atoms with Crippen LogP contribution in [0.5, 0.6) is 0 Å². The lowest BCUT2D eigenvalue weighted by Crippen LogP contribution is -2.17. The zero-order chi connectivity index (χ0) is 12.4. The van der Waals surface area contributed by atoms with Crippen molar-refractivity contribution >= 4 is 27.3 Å². The molecule has 2 aromatic rings. The fourth-order valence-electron chi connectivity index (χ4n) is 1.73. The van der Waals surface area contributed by atoms with Gasteiger partial charge in [-0.3, -0.25) is 0 Å². The van der Waals surface area contributed by atoms with Gasteiger partial charge < -0.3 is 5.32 Å². The zero-order valence-corrected chi connectivity index (χ0v) is 12.5. The molecule has 0 spiro atoms. The third kappa shape index (κ3) is 2.76. The molecule has 0 aliphatic carbocycles. The van der Waals surface area contributed by atoms with Gasteiger partial charge in [-0.15, -0.1) is 11.3 Å². The van der Waals surface area contributed by atoms with Crippen molar-refractivity contribution in [3.8, 4) is 0 Å². The van der Waals surface area contributed by atoms with Crippen LogP contribution in [-0.4, -0.2) is 12.0 Å². The molecule has 0 aliphatic heterocycles. The van der Waals surface area contributed by atoms with Gasteiger partial charge in [-0.1, -0.05) is 28.1 Å². The van der Waals surface area contributed by atoms with Crippen molar-refractivity contribution in [3.05, 3.63) is 49.9 Å². The van der Waals surface area contributed by atoms with Crippen molar-refractivity contribution in [2.75, 3.05) is 7.05 Å². The molecular formula is C13H15BrN2S. The highest BCUT2D eigenvalue weighted by Crippen LogP contribution is 2.28. The van der Waals surface area contributed by atoms with E-state index in [0.717, 1.165) is 15.2 Å². The van der Waals surface area contributed by atoms with E-state index in [-0.39, 0.29) is 6.04 Å². The van der Waals surface area contributed by atoms with E-state index in [4.69, 9.17) is 0 Å². The first-order valence-corrected chi connectivity index (χ1v) is 7.14. The van der Waals surface area contributed by atoms with E-state index in [2.05, 4.69) is 56.7 Å². The second kappa shape index (κ2) is 5.29. The lowest BCUT2D eigenvalue weighted by molar-refractivity contribution is 0.684. The average molecular weight is 311 g/mol. The van der Waals surface area contributed by atoms with Gasteiger partial charge in [-0.25, -0.2) is 4.98 Å². The van der Waals surface area contributed by atoms with Gasteiger partial charge in [0, 0.05) is 15.5 Å². The van der Waals surface area contributed by atoms with Crippen LogP contribution in [0.3, 0.4) is 0 Å². The lowest BCUT2D eigenvalue weighted by atomic mass is 10.1. The predicted octanol–water partition coefficient (Wildman–Crippen LogP) is 3.83.